The fourth-order valence-electron chi connectivity index (χ4n) is 0.904. The maximum Gasteiger partial charge on any atom is 0.315 e. The van der Waals surface area contributed by atoms with E-state index >= 15 is 0 Å². The SMILES string of the molecule is COC(=O)CSc1cc(F)ccc1C#N. The number of methoxy groups -OCH3 is 1. The summed E-state index contributed by atoms with van der Waals surface area (Å²) in [4.78, 5) is 11.3. The first-order chi connectivity index (χ1) is 7.17. The number of hydrogen-bond donors (Lipinski definition) is 0. The number of benzene rings is 1. The van der Waals surface area contributed by atoms with Crippen molar-refractivity contribution < 1.29 is 13.9 Å². The number of halogens is 1. The number of esters is 1. The Balaban J connectivity index is 2.80. The molecule has 0 fully saturated rings. The van der Waals surface area contributed by atoms with Gasteiger partial charge in [0, 0.05) is 4.90 Å². The largest absolute Gasteiger partial charge is 0.468 e. The highest BCUT2D eigenvalue weighted by Crippen LogP contribution is 2.23. The standard InChI is InChI=1S/C10H8FNO2S/c1-14-10(13)6-15-9-4-8(11)3-2-7(9)5-12/h2-4H,6H2,1H3. The summed E-state index contributed by atoms with van der Waals surface area (Å²) in [6.07, 6.45) is 0. The number of rotatable bonds is 3. The molecule has 0 bridgehead atoms. The Morgan fingerprint density at radius 3 is 3.00 bits per heavy atom. The summed E-state index contributed by atoms with van der Waals surface area (Å²) in [5.74, 6) is -0.774. The minimum atomic E-state index is -0.429. The van der Waals surface area contributed by atoms with E-state index in [1.807, 2.05) is 6.07 Å². The van der Waals surface area contributed by atoms with Crippen LogP contribution in [0.1, 0.15) is 5.56 Å². The van der Waals surface area contributed by atoms with Gasteiger partial charge in [-0.05, 0) is 18.2 Å². The number of carbonyl (C=O) groups excluding carboxylic acids is 1. The lowest BCUT2D eigenvalue weighted by Gasteiger charge is -2.02. The highest BCUT2D eigenvalue weighted by molar-refractivity contribution is 8.00. The lowest BCUT2D eigenvalue weighted by molar-refractivity contribution is -0.137. The third-order valence-electron chi connectivity index (χ3n) is 1.64. The molecule has 78 valence electrons. The molecule has 0 amide bonds. The lowest BCUT2D eigenvalue weighted by atomic mass is 10.2. The molecule has 0 saturated heterocycles. The molecule has 0 radical (unpaired) electrons. The van der Waals surface area contributed by atoms with Crippen molar-refractivity contribution in [3.63, 3.8) is 0 Å². The van der Waals surface area contributed by atoms with Gasteiger partial charge in [-0.1, -0.05) is 0 Å². The van der Waals surface area contributed by atoms with Crippen molar-refractivity contribution in [1.29, 1.82) is 5.26 Å². The molecule has 0 atom stereocenters. The average Bonchev–Trinajstić information content (AvgIpc) is 2.26. The van der Waals surface area contributed by atoms with Gasteiger partial charge in [0.1, 0.15) is 11.9 Å². The van der Waals surface area contributed by atoms with Gasteiger partial charge in [-0.3, -0.25) is 4.79 Å². The molecule has 5 heteroatoms. The maximum atomic E-state index is 12.9. The molecule has 0 aliphatic carbocycles. The molecule has 0 aromatic heterocycles. The Hall–Kier alpha value is -1.54. The molecule has 15 heavy (non-hydrogen) atoms. The first-order valence-corrected chi connectivity index (χ1v) is 5.05. The van der Waals surface area contributed by atoms with Gasteiger partial charge in [-0.15, -0.1) is 11.8 Å². The van der Waals surface area contributed by atoms with Crippen LogP contribution in [-0.2, 0) is 9.53 Å². The van der Waals surface area contributed by atoms with Gasteiger partial charge in [0.25, 0.3) is 0 Å². The van der Waals surface area contributed by atoms with Crippen LogP contribution >= 0.6 is 11.8 Å². The smallest absolute Gasteiger partial charge is 0.315 e. The van der Waals surface area contributed by atoms with Crippen LogP contribution in [-0.4, -0.2) is 18.8 Å². The Bertz CT molecular complexity index is 414. The zero-order valence-electron chi connectivity index (χ0n) is 7.99. The summed E-state index contributed by atoms with van der Waals surface area (Å²) in [6.45, 7) is 0. The molecule has 3 nitrogen and oxygen atoms in total. The van der Waals surface area contributed by atoms with Crippen LogP contribution in [0.4, 0.5) is 4.39 Å². The second-order valence-corrected chi connectivity index (χ2v) is 3.63. The van der Waals surface area contributed by atoms with Crippen LogP contribution in [0.3, 0.4) is 0 Å². The molecular weight excluding hydrogens is 217 g/mol. The molecule has 1 rings (SSSR count). The number of hydrogen-bond acceptors (Lipinski definition) is 4. The van der Waals surface area contributed by atoms with E-state index < -0.39 is 11.8 Å². The van der Waals surface area contributed by atoms with Crippen LogP contribution in [0, 0.1) is 17.1 Å². The highest BCUT2D eigenvalue weighted by atomic mass is 32.2. The molecular formula is C10H8FNO2S. The molecule has 0 saturated carbocycles. The Morgan fingerprint density at radius 2 is 2.40 bits per heavy atom. The van der Waals surface area contributed by atoms with Crippen LogP contribution < -0.4 is 0 Å². The second kappa shape index (κ2) is 5.37. The zero-order valence-corrected chi connectivity index (χ0v) is 8.81. The second-order valence-electron chi connectivity index (χ2n) is 2.62. The fraction of sp³-hybridized carbons (Fsp3) is 0.200. The van der Waals surface area contributed by atoms with E-state index in [2.05, 4.69) is 4.74 Å². The van der Waals surface area contributed by atoms with E-state index in [0.29, 0.717) is 10.5 Å². The van der Waals surface area contributed by atoms with Gasteiger partial charge >= 0.3 is 5.97 Å². The monoisotopic (exact) mass is 225 g/mol. The van der Waals surface area contributed by atoms with Crippen molar-refractivity contribution >= 4 is 17.7 Å². The summed E-state index contributed by atoms with van der Waals surface area (Å²) in [5.41, 5.74) is 0.352. The van der Waals surface area contributed by atoms with Crippen molar-refractivity contribution in [1.82, 2.24) is 0 Å². The number of nitrogens with zero attached hydrogens (tertiary/aromatic N) is 1. The molecule has 0 N–H and O–H groups in total. The minimum Gasteiger partial charge on any atom is -0.468 e. The summed E-state index contributed by atoms with van der Waals surface area (Å²) in [6, 6.07) is 5.75. The van der Waals surface area contributed by atoms with Gasteiger partial charge in [-0.2, -0.15) is 5.26 Å². The van der Waals surface area contributed by atoms with Crippen LogP contribution in [0.25, 0.3) is 0 Å². The van der Waals surface area contributed by atoms with Gasteiger partial charge in [-0.25, -0.2) is 4.39 Å². The lowest BCUT2D eigenvalue weighted by Crippen LogP contribution is -2.03. The van der Waals surface area contributed by atoms with Gasteiger partial charge < -0.3 is 4.74 Å². The molecule has 0 aliphatic rings. The molecule has 0 spiro atoms. The Labute approximate surface area is 90.8 Å². The minimum absolute atomic E-state index is 0.0641. The maximum absolute atomic E-state index is 12.9. The number of ether oxygens (including phenoxy) is 1. The van der Waals surface area contributed by atoms with Gasteiger partial charge in [0.15, 0.2) is 0 Å². The normalized spacial score (nSPS) is 9.40. The van der Waals surface area contributed by atoms with E-state index in [1.54, 1.807) is 0 Å². The zero-order chi connectivity index (χ0) is 11.3. The molecule has 1 aromatic carbocycles. The molecule has 0 heterocycles. The first-order valence-electron chi connectivity index (χ1n) is 4.06. The van der Waals surface area contributed by atoms with Crippen molar-refractivity contribution in [3.05, 3.63) is 29.6 Å². The van der Waals surface area contributed by atoms with Crippen molar-refractivity contribution in [3.8, 4) is 6.07 Å². The van der Waals surface area contributed by atoms with Crippen molar-refractivity contribution in [2.45, 2.75) is 4.90 Å². The Kier molecular flexibility index (Phi) is 4.13. The van der Waals surface area contributed by atoms with Crippen molar-refractivity contribution in [2.75, 3.05) is 12.9 Å². The van der Waals surface area contributed by atoms with Gasteiger partial charge in [0.05, 0.1) is 18.4 Å². The fourth-order valence-corrected chi connectivity index (χ4v) is 1.76. The van der Waals surface area contributed by atoms with Crippen LogP contribution in [0.2, 0.25) is 0 Å². The topological polar surface area (TPSA) is 50.1 Å². The molecule has 0 unspecified atom stereocenters. The van der Waals surface area contributed by atoms with Crippen molar-refractivity contribution in [2.24, 2.45) is 0 Å². The third-order valence-corrected chi connectivity index (χ3v) is 2.67. The summed E-state index contributed by atoms with van der Waals surface area (Å²) < 4.78 is 17.3. The molecule has 0 aliphatic heterocycles. The first kappa shape index (κ1) is 11.5. The van der Waals surface area contributed by atoms with Gasteiger partial charge in [0.2, 0.25) is 0 Å². The van der Waals surface area contributed by atoms with E-state index in [9.17, 15) is 9.18 Å². The summed E-state index contributed by atoms with van der Waals surface area (Å²) >= 11 is 1.08. The number of carbonyl (C=O) groups is 1. The average molecular weight is 225 g/mol. The van der Waals surface area contributed by atoms with E-state index in [-0.39, 0.29) is 5.75 Å². The number of nitriles is 1. The predicted octanol–water partition coefficient (Wildman–Crippen LogP) is 1.96. The summed E-state index contributed by atoms with van der Waals surface area (Å²) in [5, 5.41) is 8.73. The molecule has 1 aromatic rings. The third kappa shape index (κ3) is 3.26. The predicted molar refractivity (Wildman–Crippen MR) is 53.9 cm³/mol. The summed E-state index contributed by atoms with van der Waals surface area (Å²) in [7, 11) is 1.28. The van der Waals surface area contributed by atoms with Crippen LogP contribution in [0.15, 0.2) is 23.1 Å². The highest BCUT2D eigenvalue weighted by Gasteiger charge is 2.07. The van der Waals surface area contributed by atoms with E-state index in [4.69, 9.17) is 5.26 Å². The number of thioether (sulfide) groups is 1. The van der Waals surface area contributed by atoms with Crippen LogP contribution in [0.5, 0.6) is 0 Å². The Morgan fingerprint density at radius 1 is 1.67 bits per heavy atom. The van der Waals surface area contributed by atoms with E-state index in [0.717, 1.165) is 11.8 Å². The van der Waals surface area contributed by atoms with E-state index in [1.165, 1.54) is 25.3 Å². The quantitative estimate of drug-likeness (QED) is 0.583.